The summed E-state index contributed by atoms with van der Waals surface area (Å²) in [6.45, 7) is 0.564. The minimum Gasteiger partial charge on any atom is -0.374 e. The summed E-state index contributed by atoms with van der Waals surface area (Å²) in [7, 11) is 0. The predicted octanol–water partition coefficient (Wildman–Crippen LogP) is 5.82. The van der Waals surface area contributed by atoms with Crippen LogP contribution in [-0.4, -0.2) is 68.0 Å². The van der Waals surface area contributed by atoms with Crippen LogP contribution >= 0.6 is 34.5 Å². The third-order valence-electron chi connectivity index (χ3n) is 8.01. The van der Waals surface area contributed by atoms with Gasteiger partial charge in [-0.3, -0.25) is 4.98 Å². The third kappa shape index (κ3) is 5.95. The maximum Gasteiger partial charge on any atom is 0.406 e. The molecule has 1 fully saturated rings. The number of hydrogen-bond donors (Lipinski definition) is 3. The average Bonchev–Trinajstić information content (AvgIpc) is 3.56. The molecular weight excluding hydrogens is 624 g/mol. The molecule has 226 valence electrons. The Bertz CT molecular complexity index is 1740. The molecule has 0 aliphatic carbocycles. The molecule has 0 radical (unpaired) electrons. The quantitative estimate of drug-likeness (QED) is 0.226. The monoisotopic (exact) mass is 650 g/mol. The molecule has 3 N–H and O–H groups in total. The molecule has 2 atom stereocenters. The summed E-state index contributed by atoms with van der Waals surface area (Å²) in [5.41, 5.74) is 2.80. The molecule has 0 amide bonds. The van der Waals surface area contributed by atoms with E-state index in [0.29, 0.717) is 26.9 Å². The Morgan fingerprint density at radius 2 is 1.91 bits per heavy atom. The Hall–Kier alpha value is -2.89. The molecule has 0 bridgehead atoms. The fourth-order valence-corrected chi connectivity index (χ4v) is 7.55. The van der Waals surface area contributed by atoms with E-state index in [1.807, 2.05) is 30.5 Å². The summed E-state index contributed by atoms with van der Waals surface area (Å²) in [5, 5.41) is 35.8. The van der Waals surface area contributed by atoms with Gasteiger partial charge in [-0.05, 0) is 62.3 Å². The number of thiophene rings is 1. The van der Waals surface area contributed by atoms with Crippen LogP contribution in [0.15, 0.2) is 54.0 Å². The number of fused-ring (bicyclic) bond motifs is 2. The largest absolute Gasteiger partial charge is 0.406 e. The first-order valence-electron chi connectivity index (χ1n) is 13.6. The van der Waals surface area contributed by atoms with Crippen LogP contribution in [0.2, 0.25) is 5.02 Å². The number of rotatable bonds is 6. The fraction of sp³-hybridized carbons (Fsp3) is 0.379. The highest BCUT2D eigenvalue weighted by Crippen LogP contribution is 2.41. The van der Waals surface area contributed by atoms with Crippen LogP contribution in [0.3, 0.4) is 0 Å². The number of hydrogen-bond acceptors (Lipinski definition) is 8. The van der Waals surface area contributed by atoms with E-state index in [1.165, 1.54) is 11.3 Å². The van der Waals surface area contributed by atoms with Crippen LogP contribution in [0.5, 0.6) is 0 Å². The maximum atomic E-state index is 13.1. The van der Waals surface area contributed by atoms with Crippen LogP contribution in [-0.2, 0) is 13.1 Å². The number of aliphatic hydroxyl groups excluding tert-OH is 2. The van der Waals surface area contributed by atoms with Gasteiger partial charge in [-0.25, -0.2) is 4.90 Å². The second-order valence-corrected chi connectivity index (χ2v) is 12.9. The van der Waals surface area contributed by atoms with Crippen LogP contribution < -0.4 is 5.32 Å². The zero-order valence-corrected chi connectivity index (χ0v) is 25.0. The number of nitrogens with zero attached hydrogens (tertiary/aromatic N) is 5. The molecule has 1 saturated heterocycles. The highest BCUT2D eigenvalue weighted by molar-refractivity contribution is 7.19. The summed E-state index contributed by atoms with van der Waals surface area (Å²) >= 11 is 13.9. The molecule has 0 saturated carbocycles. The molecule has 5 heterocycles. The van der Waals surface area contributed by atoms with Crippen molar-refractivity contribution < 1.29 is 23.4 Å². The van der Waals surface area contributed by atoms with Crippen LogP contribution in [0.25, 0.3) is 32.2 Å². The lowest BCUT2D eigenvalue weighted by molar-refractivity contribution is -0.206. The van der Waals surface area contributed by atoms with E-state index in [2.05, 4.69) is 20.9 Å². The lowest BCUT2D eigenvalue weighted by atomic mass is 9.80. The molecule has 2 unspecified atom stereocenters. The van der Waals surface area contributed by atoms with Gasteiger partial charge in [0, 0.05) is 51.9 Å². The number of alkyl halides is 3. The predicted molar refractivity (Wildman–Crippen MR) is 160 cm³/mol. The van der Waals surface area contributed by atoms with Crippen molar-refractivity contribution in [1.82, 2.24) is 24.7 Å². The molecule has 2 aliphatic heterocycles. The molecule has 1 aromatic carbocycles. The standard InChI is InChI=1S/C29H27Cl2F3N6O2S/c30-18-9-17-2-8-38(15-28(14-35)3-6-36-7-4-28)25(17)21(10-18)20-1-5-37-22-11-19(43-26(20)22)13-39-24(41)12-23(31)40(27(39)42)16-29(32,33)34/h1-2,5,8-12,24,27,36,41-42H,3-4,6-7,13,15-16H2. The lowest BCUT2D eigenvalue weighted by Gasteiger charge is -2.42. The number of aliphatic hydroxyl groups is 2. The zero-order valence-electron chi connectivity index (χ0n) is 22.7. The third-order valence-corrected chi connectivity index (χ3v) is 9.72. The van der Waals surface area contributed by atoms with Gasteiger partial charge >= 0.3 is 6.18 Å². The highest BCUT2D eigenvalue weighted by atomic mass is 35.5. The van der Waals surface area contributed by atoms with Crippen molar-refractivity contribution in [2.24, 2.45) is 5.41 Å². The smallest absolute Gasteiger partial charge is 0.374 e. The molecule has 0 spiro atoms. The minimum absolute atomic E-state index is 0.0577. The van der Waals surface area contributed by atoms with E-state index in [-0.39, 0.29) is 11.7 Å². The van der Waals surface area contributed by atoms with Crippen molar-refractivity contribution in [1.29, 1.82) is 5.26 Å². The number of nitrogens with one attached hydrogen (secondary N) is 1. The van der Waals surface area contributed by atoms with Gasteiger partial charge in [-0.15, -0.1) is 11.3 Å². The zero-order chi connectivity index (χ0) is 30.5. The molecule has 43 heavy (non-hydrogen) atoms. The van der Waals surface area contributed by atoms with Gasteiger partial charge in [0.25, 0.3) is 0 Å². The number of nitriles is 1. The van der Waals surface area contributed by atoms with E-state index >= 15 is 0 Å². The molecule has 6 rings (SSSR count). The van der Waals surface area contributed by atoms with E-state index in [9.17, 15) is 28.6 Å². The molecule has 4 aromatic rings. The van der Waals surface area contributed by atoms with Crippen molar-refractivity contribution in [2.45, 2.75) is 44.7 Å². The minimum atomic E-state index is -4.61. The topological polar surface area (TPSA) is 101 Å². The Kier molecular flexibility index (Phi) is 8.10. The van der Waals surface area contributed by atoms with Crippen LogP contribution in [0.1, 0.15) is 17.7 Å². The number of benzene rings is 1. The van der Waals surface area contributed by atoms with E-state index in [0.717, 1.165) is 63.6 Å². The second-order valence-electron chi connectivity index (χ2n) is 10.9. The molecule has 8 nitrogen and oxygen atoms in total. The first kappa shape index (κ1) is 30.1. The van der Waals surface area contributed by atoms with Gasteiger partial charge in [0.15, 0.2) is 6.35 Å². The molecule has 2 aliphatic rings. The maximum absolute atomic E-state index is 13.1. The van der Waals surface area contributed by atoms with Gasteiger partial charge in [0.1, 0.15) is 17.9 Å². The summed E-state index contributed by atoms with van der Waals surface area (Å²) in [6.07, 6.45) is -1.61. The number of pyridine rings is 1. The van der Waals surface area contributed by atoms with Crippen molar-refractivity contribution in [2.75, 3.05) is 19.6 Å². The van der Waals surface area contributed by atoms with Crippen LogP contribution in [0.4, 0.5) is 13.2 Å². The summed E-state index contributed by atoms with van der Waals surface area (Å²) in [6, 6.07) is 12.0. The number of halogens is 5. The van der Waals surface area contributed by atoms with Gasteiger partial charge < -0.3 is 25.0 Å². The van der Waals surface area contributed by atoms with E-state index < -0.39 is 30.7 Å². The van der Waals surface area contributed by atoms with Crippen molar-refractivity contribution in [3.05, 3.63) is 63.9 Å². The Morgan fingerprint density at radius 3 is 2.63 bits per heavy atom. The number of aromatic nitrogens is 2. The molecule has 14 heteroatoms. The van der Waals surface area contributed by atoms with Crippen LogP contribution in [0, 0.1) is 16.7 Å². The SMILES string of the molecule is N#CC1(Cn2ccc3cc(Cl)cc(-c4ccnc5cc(CN6C(O)C=C(Cl)N(CC(F)(F)F)C6O)sc45)c32)CCNCC1. The summed E-state index contributed by atoms with van der Waals surface area (Å²) in [5.74, 6) is 0. The van der Waals surface area contributed by atoms with Gasteiger partial charge in [0.2, 0.25) is 0 Å². The van der Waals surface area contributed by atoms with Gasteiger partial charge in [0.05, 0.1) is 27.2 Å². The van der Waals surface area contributed by atoms with Crippen molar-refractivity contribution >= 4 is 55.7 Å². The lowest BCUT2D eigenvalue weighted by Crippen LogP contribution is -2.56. The van der Waals surface area contributed by atoms with Crippen molar-refractivity contribution in [3.8, 4) is 17.2 Å². The van der Waals surface area contributed by atoms with E-state index in [4.69, 9.17) is 23.2 Å². The Balaban J connectivity index is 1.38. The molecule has 3 aromatic heterocycles. The van der Waals surface area contributed by atoms with Crippen molar-refractivity contribution in [3.63, 3.8) is 0 Å². The first-order valence-corrected chi connectivity index (χ1v) is 15.1. The highest BCUT2D eigenvalue weighted by Gasteiger charge is 2.40. The normalized spacial score (nSPS) is 21.3. The molecular formula is C29H27Cl2F3N6O2S. The van der Waals surface area contributed by atoms with Gasteiger partial charge in [-0.1, -0.05) is 23.2 Å². The second kappa shape index (κ2) is 11.6. The average molecular weight is 652 g/mol. The number of piperidine rings is 1. The van der Waals surface area contributed by atoms with E-state index in [1.54, 1.807) is 12.3 Å². The first-order chi connectivity index (χ1) is 20.5. The summed E-state index contributed by atoms with van der Waals surface area (Å²) in [4.78, 5) is 6.87. The fourth-order valence-electron chi connectivity index (χ4n) is 5.91. The van der Waals surface area contributed by atoms with Gasteiger partial charge in [-0.2, -0.15) is 18.4 Å². The Morgan fingerprint density at radius 1 is 1.14 bits per heavy atom. The Labute approximate surface area is 259 Å². The summed E-state index contributed by atoms with van der Waals surface area (Å²) < 4.78 is 42.4.